The van der Waals surface area contributed by atoms with E-state index in [2.05, 4.69) is 15.5 Å². The van der Waals surface area contributed by atoms with Gasteiger partial charge in [-0.2, -0.15) is 0 Å². The molecule has 2 amide bonds. The lowest BCUT2D eigenvalue weighted by molar-refractivity contribution is 0.122. The Hall–Kier alpha value is -1.75. The number of nitrogens with zero attached hydrogens (tertiary/aromatic N) is 1. The predicted molar refractivity (Wildman–Crippen MR) is 67.6 cm³/mol. The van der Waals surface area contributed by atoms with E-state index in [0.717, 1.165) is 37.7 Å². The van der Waals surface area contributed by atoms with Crippen LogP contribution in [0, 0.1) is 0 Å². The first-order valence-corrected chi connectivity index (χ1v) is 5.71. The molecule has 0 saturated carbocycles. The molecule has 0 atom stereocenters. The predicted octanol–water partition coefficient (Wildman–Crippen LogP) is 1.27. The molecule has 92 valence electrons. The highest BCUT2D eigenvalue weighted by molar-refractivity contribution is 5.89. The van der Waals surface area contributed by atoms with Crippen molar-refractivity contribution >= 4 is 17.4 Å². The highest BCUT2D eigenvalue weighted by atomic mass is 16.5. The van der Waals surface area contributed by atoms with Crippen molar-refractivity contribution in [3.8, 4) is 0 Å². The number of ether oxygens (including phenoxy) is 1. The van der Waals surface area contributed by atoms with Crippen LogP contribution in [0.3, 0.4) is 0 Å². The summed E-state index contributed by atoms with van der Waals surface area (Å²) in [7, 11) is 1.59. The van der Waals surface area contributed by atoms with Gasteiger partial charge in [0.15, 0.2) is 0 Å². The van der Waals surface area contributed by atoms with Crippen molar-refractivity contribution in [3.63, 3.8) is 0 Å². The summed E-state index contributed by atoms with van der Waals surface area (Å²) in [5, 5.41) is 5.24. The highest BCUT2D eigenvalue weighted by Crippen LogP contribution is 2.18. The van der Waals surface area contributed by atoms with Crippen LogP contribution in [-0.4, -0.2) is 39.4 Å². The van der Waals surface area contributed by atoms with E-state index in [1.165, 1.54) is 0 Å². The summed E-state index contributed by atoms with van der Waals surface area (Å²) in [5.41, 5.74) is 1.96. The van der Waals surface area contributed by atoms with Crippen LogP contribution < -0.4 is 15.5 Å². The molecule has 1 aromatic rings. The topological polar surface area (TPSA) is 53.6 Å². The van der Waals surface area contributed by atoms with Crippen molar-refractivity contribution in [2.75, 3.05) is 43.6 Å². The lowest BCUT2D eigenvalue weighted by Gasteiger charge is -2.28. The molecule has 0 bridgehead atoms. The Bertz CT molecular complexity index is 372. The van der Waals surface area contributed by atoms with Gasteiger partial charge in [0.1, 0.15) is 0 Å². The summed E-state index contributed by atoms with van der Waals surface area (Å²) < 4.78 is 5.31. The highest BCUT2D eigenvalue weighted by Gasteiger charge is 2.10. The molecular weight excluding hydrogens is 218 g/mol. The number of rotatable bonds is 2. The average molecular weight is 235 g/mol. The molecule has 0 aliphatic carbocycles. The molecule has 1 saturated heterocycles. The van der Waals surface area contributed by atoms with E-state index in [9.17, 15) is 4.79 Å². The van der Waals surface area contributed by atoms with E-state index in [4.69, 9.17) is 4.74 Å². The fraction of sp³-hybridized carbons (Fsp3) is 0.417. The Morgan fingerprint density at radius 2 is 1.88 bits per heavy atom. The van der Waals surface area contributed by atoms with Crippen molar-refractivity contribution in [1.29, 1.82) is 0 Å². The molecule has 0 aromatic heterocycles. The maximum absolute atomic E-state index is 11.1. The van der Waals surface area contributed by atoms with Crippen LogP contribution in [-0.2, 0) is 4.74 Å². The molecule has 1 aliphatic heterocycles. The maximum atomic E-state index is 11.1. The normalized spacial score (nSPS) is 15.5. The second-order valence-corrected chi connectivity index (χ2v) is 3.85. The van der Waals surface area contributed by atoms with Crippen molar-refractivity contribution in [2.24, 2.45) is 0 Å². The smallest absolute Gasteiger partial charge is 0.318 e. The zero-order valence-electron chi connectivity index (χ0n) is 9.90. The number of carbonyl (C=O) groups excluding carboxylic acids is 1. The van der Waals surface area contributed by atoms with Gasteiger partial charge in [-0.25, -0.2) is 4.79 Å². The minimum atomic E-state index is -0.205. The molecule has 1 fully saturated rings. The summed E-state index contributed by atoms with van der Waals surface area (Å²) in [5.74, 6) is 0. The molecule has 1 aliphatic rings. The Labute approximate surface area is 101 Å². The standard InChI is InChI=1S/C12H17N3O2/c1-13-12(16)14-10-2-4-11(5-3-10)15-6-8-17-9-7-15/h2-5H,6-9H2,1H3,(H2,13,14,16). The van der Waals surface area contributed by atoms with Crippen molar-refractivity contribution in [1.82, 2.24) is 5.32 Å². The van der Waals surface area contributed by atoms with Crippen LogP contribution in [0.25, 0.3) is 0 Å². The van der Waals surface area contributed by atoms with Gasteiger partial charge in [-0.1, -0.05) is 0 Å². The monoisotopic (exact) mass is 235 g/mol. The lowest BCUT2D eigenvalue weighted by Crippen LogP contribution is -2.36. The van der Waals surface area contributed by atoms with Gasteiger partial charge in [-0.15, -0.1) is 0 Å². The molecule has 2 rings (SSSR count). The molecule has 0 unspecified atom stereocenters. The Morgan fingerprint density at radius 3 is 2.47 bits per heavy atom. The van der Waals surface area contributed by atoms with Crippen LogP contribution in [0.15, 0.2) is 24.3 Å². The Kier molecular flexibility index (Phi) is 3.82. The second kappa shape index (κ2) is 5.54. The molecular formula is C12H17N3O2. The fourth-order valence-electron chi connectivity index (χ4n) is 1.77. The number of anilines is 2. The molecule has 5 heteroatoms. The van der Waals surface area contributed by atoms with E-state index >= 15 is 0 Å². The Balaban J connectivity index is 1.99. The quantitative estimate of drug-likeness (QED) is 0.811. The number of carbonyl (C=O) groups is 1. The zero-order valence-corrected chi connectivity index (χ0v) is 9.90. The summed E-state index contributed by atoms with van der Waals surface area (Å²) in [6.45, 7) is 3.39. The van der Waals surface area contributed by atoms with Gasteiger partial charge in [0, 0.05) is 31.5 Å². The van der Waals surface area contributed by atoms with Gasteiger partial charge in [-0.05, 0) is 24.3 Å². The first kappa shape index (κ1) is 11.7. The van der Waals surface area contributed by atoms with E-state index < -0.39 is 0 Å². The van der Waals surface area contributed by atoms with E-state index in [0.29, 0.717) is 0 Å². The largest absolute Gasteiger partial charge is 0.378 e. The van der Waals surface area contributed by atoms with E-state index in [1.807, 2.05) is 24.3 Å². The molecule has 0 radical (unpaired) electrons. The lowest BCUT2D eigenvalue weighted by atomic mass is 10.2. The van der Waals surface area contributed by atoms with Crippen LogP contribution in [0.1, 0.15) is 0 Å². The zero-order chi connectivity index (χ0) is 12.1. The second-order valence-electron chi connectivity index (χ2n) is 3.85. The number of benzene rings is 1. The maximum Gasteiger partial charge on any atom is 0.318 e. The minimum absolute atomic E-state index is 0.205. The fourth-order valence-corrected chi connectivity index (χ4v) is 1.77. The first-order chi connectivity index (χ1) is 8.29. The van der Waals surface area contributed by atoms with Gasteiger partial charge in [0.2, 0.25) is 0 Å². The van der Waals surface area contributed by atoms with E-state index in [-0.39, 0.29) is 6.03 Å². The van der Waals surface area contributed by atoms with Crippen molar-refractivity contribution < 1.29 is 9.53 Å². The van der Waals surface area contributed by atoms with Gasteiger partial charge in [0.25, 0.3) is 0 Å². The number of amides is 2. The third kappa shape index (κ3) is 3.10. The summed E-state index contributed by atoms with van der Waals surface area (Å²) >= 11 is 0. The molecule has 5 nitrogen and oxygen atoms in total. The third-order valence-corrected chi connectivity index (χ3v) is 2.73. The summed E-state index contributed by atoms with van der Waals surface area (Å²) in [6.07, 6.45) is 0. The van der Waals surface area contributed by atoms with Crippen molar-refractivity contribution in [3.05, 3.63) is 24.3 Å². The van der Waals surface area contributed by atoms with Crippen LogP contribution >= 0.6 is 0 Å². The minimum Gasteiger partial charge on any atom is -0.378 e. The first-order valence-electron chi connectivity index (χ1n) is 5.71. The van der Waals surface area contributed by atoms with Gasteiger partial charge in [-0.3, -0.25) is 0 Å². The summed E-state index contributed by atoms with van der Waals surface area (Å²) in [4.78, 5) is 13.4. The van der Waals surface area contributed by atoms with Crippen molar-refractivity contribution in [2.45, 2.75) is 0 Å². The van der Waals surface area contributed by atoms with Crippen LogP contribution in [0.5, 0.6) is 0 Å². The number of morpholine rings is 1. The number of urea groups is 1. The average Bonchev–Trinajstić information content (AvgIpc) is 2.40. The number of hydrogen-bond acceptors (Lipinski definition) is 3. The van der Waals surface area contributed by atoms with Gasteiger partial charge < -0.3 is 20.3 Å². The molecule has 2 N–H and O–H groups in total. The van der Waals surface area contributed by atoms with Crippen LogP contribution in [0.4, 0.5) is 16.2 Å². The van der Waals surface area contributed by atoms with Crippen LogP contribution in [0.2, 0.25) is 0 Å². The molecule has 17 heavy (non-hydrogen) atoms. The van der Waals surface area contributed by atoms with Gasteiger partial charge in [0.05, 0.1) is 13.2 Å². The van der Waals surface area contributed by atoms with E-state index in [1.54, 1.807) is 7.05 Å². The van der Waals surface area contributed by atoms with Gasteiger partial charge >= 0.3 is 6.03 Å². The summed E-state index contributed by atoms with van der Waals surface area (Å²) in [6, 6.07) is 7.62. The third-order valence-electron chi connectivity index (χ3n) is 2.73. The number of hydrogen-bond donors (Lipinski definition) is 2. The molecule has 1 heterocycles. The molecule has 0 spiro atoms. The Morgan fingerprint density at radius 1 is 1.24 bits per heavy atom. The number of nitrogens with one attached hydrogen (secondary N) is 2. The SMILES string of the molecule is CNC(=O)Nc1ccc(N2CCOCC2)cc1. The molecule has 1 aromatic carbocycles.